The summed E-state index contributed by atoms with van der Waals surface area (Å²) in [6.45, 7) is 1.76. The van der Waals surface area contributed by atoms with E-state index in [0.29, 0.717) is 13.0 Å². The van der Waals surface area contributed by atoms with E-state index in [1.165, 1.54) is 6.92 Å². The summed E-state index contributed by atoms with van der Waals surface area (Å²) in [6.07, 6.45) is -2.23. The van der Waals surface area contributed by atoms with Gasteiger partial charge in [-0.3, -0.25) is 4.79 Å². The van der Waals surface area contributed by atoms with E-state index in [9.17, 15) is 9.90 Å². The van der Waals surface area contributed by atoms with Gasteiger partial charge in [-0.1, -0.05) is 60.7 Å². The highest BCUT2D eigenvalue weighted by atomic mass is 16.7. The summed E-state index contributed by atoms with van der Waals surface area (Å²) < 4.78 is 18.1. The van der Waals surface area contributed by atoms with Crippen LogP contribution in [0.1, 0.15) is 24.3 Å². The van der Waals surface area contributed by atoms with Crippen molar-refractivity contribution in [2.24, 2.45) is 0 Å². The molecule has 2 aliphatic rings. The molecule has 28 heavy (non-hydrogen) atoms. The predicted molar refractivity (Wildman–Crippen MR) is 102 cm³/mol. The molecule has 3 unspecified atom stereocenters. The molecule has 1 amide bonds. The molecule has 2 aromatic carbocycles. The van der Waals surface area contributed by atoms with Crippen molar-refractivity contribution in [3.05, 3.63) is 71.8 Å². The summed E-state index contributed by atoms with van der Waals surface area (Å²) in [5.41, 5.74) is 1.96. The number of carbonyl (C=O) groups excluding carboxylic acids is 1. The maximum atomic E-state index is 11.8. The van der Waals surface area contributed by atoms with Gasteiger partial charge in [-0.25, -0.2) is 0 Å². The van der Waals surface area contributed by atoms with Crippen molar-refractivity contribution < 1.29 is 24.1 Å². The number of carbonyl (C=O) groups is 1. The molecular formula is C22H25NO5. The van der Waals surface area contributed by atoms with Crippen LogP contribution in [0.4, 0.5) is 0 Å². The lowest BCUT2D eigenvalue weighted by molar-refractivity contribution is -0.314. The molecule has 6 atom stereocenters. The first kappa shape index (κ1) is 19.1. The van der Waals surface area contributed by atoms with Crippen LogP contribution >= 0.6 is 0 Å². The highest BCUT2D eigenvalue weighted by Gasteiger charge is 2.49. The van der Waals surface area contributed by atoms with Crippen LogP contribution in [-0.4, -0.2) is 48.1 Å². The lowest BCUT2D eigenvalue weighted by Crippen LogP contribution is -2.66. The average molecular weight is 383 g/mol. The fraction of sp³-hybridized carbons (Fsp3) is 0.409. The van der Waals surface area contributed by atoms with E-state index in [4.69, 9.17) is 14.2 Å². The smallest absolute Gasteiger partial charge is 0.217 e. The second-order valence-electron chi connectivity index (χ2n) is 7.30. The van der Waals surface area contributed by atoms with E-state index < -0.39 is 30.6 Å². The Bertz CT molecular complexity index is 784. The SMILES string of the molecule is CC(=O)NC1[C@H](Cc2ccccc2)OC2COC(c3ccccc3)O[C@H]2[C@@H]1O. The zero-order valence-corrected chi connectivity index (χ0v) is 15.7. The highest BCUT2D eigenvalue weighted by Crippen LogP contribution is 2.34. The van der Waals surface area contributed by atoms with Gasteiger partial charge in [0.15, 0.2) is 6.29 Å². The standard InChI is InChI=1S/C22H25NO5/c1-14(24)23-19-17(12-15-8-4-2-5-9-15)27-18-13-26-22(28-21(18)20(19)25)16-10-6-3-7-11-16/h2-11,17-22,25H,12-13H2,1H3,(H,23,24)/t17-,18?,19?,20+,21+,22?/m0/s1. The van der Waals surface area contributed by atoms with Crippen LogP contribution in [-0.2, 0) is 25.4 Å². The van der Waals surface area contributed by atoms with Crippen molar-refractivity contribution in [3.8, 4) is 0 Å². The van der Waals surface area contributed by atoms with E-state index in [1.54, 1.807) is 0 Å². The Labute approximate surface area is 164 Å². The first-order valence-corrected chi connectivity index (χ1v) is 9.58. The van der Waals surface area contributed by atoms with Crippen molar-refractivity contribution in [2.75, 3.05) is 6.61 Å². The van der Waals surface area contributed by atoms with Crippen LogP contribution in [0.2, 0.25) is 0 Å². The first-order valence-electron chi connectivity index (χ1n) is 9.58. The van der Waals surface area contributed by atoms with Gasteiger partial charge in [0.25, 0.3) is 0 Å². The monoisotopic (exact) mass is 383 g/mol. The van der Waals surface area contributed by atoms with Crippen LogP contribution < -0.4 is 5.32 Å². The Hall–Kier alpha value is -2.25. The number of aliphatic hydroxyl groups is 1. The molecule has 0 saturated carbocycles. The highest BCUT2D eigenvalue weighted by molar-refractivity contribution is 5.73. The second kappa shape index (κ2) is 8.41. The van der Waals surface area contributed by atoms with Crippen molar-refractivity contribution in [1.82, 2.24) is 5.32 Å². The van der Waals surface area contributed by atoms with Gasteiger partial charge >= 0.3 is 0 Å². The Balaban J connectivity index is 1.53. The van der Waals surface area contributed by atoms with E-state index in [0.717, 1.165) is 11.1 Å². The molecule has 0 aliphatic carbocycles. The molecule has 2 N–H and O–H groups in total. The Morgan fingerprint density at radius 2 is 1.75 bits per heavy atom. The van der Waals surface area contributed by atoms with Crippen molar-refractivity contribution >= 4 is 5.91 Å². The van der Waals surface area contributed by atoms with E-state index in [1.807, 2.05) is 60.7 Å². The minimum atomic E-state index is -0.897. The second-order valence-corrected chi connectivity index (χ2v) is 7.30. The zero-order valence-electron chi connectivity index (χ0n) is 15.7. The molecule has 0 radical (unpaired) electrons. The molecule has 2 aromatic rings. The third-order valence-electron chi connectivity index (χ3n) is 5.24. The summed E-state index contributed by atoms with van der Waals surface area (Å²) in [4.78, 5) is 11.8. The Morgan fingerprint density at radius 3 is 2.43 bits per heavy atom. The van der Waals surface area contributed by atoms with Crippen LogP contribution in [0.15, 0.2) is 60.7 Å². The molecule has 2 saturated heterocycles. The molecule has 2 aliphatic heterocycles. The maximum Gasteiger partial charge on any atom is 0.217 e. The molecule has 0 bridgehead atoms. The number of ether oxygens (including phenoxy) is 3. The lowest BCUT2D eigenvalue weighted by Gasteiger charge is -2.48. The fourth-order valence-electron chi connectivity index (χ4n) is 3.92. The first-order chi connectivity index (χ1) is 13.6. The third kappa shape index (κ3) is 4.10. The lowest BCUT2D eigenvalue weighted by atomic mass is 9.88. The normalized spacial score (nSPS) is 32.4. The van der Waals surface area contributed by atoms with Gasteiger partial charge in [-0.05, 0) is 5.56 Å². The van der Waals surface area contributed by atoms with E-state index in [-0.39, 0.29) is 12.0 Å². The summed E-state index contributed by atoms with van der Waals surface area (Å²) in [5, 5.41) is 13.9. The largest absolute Gasteiger partial charge is 0.388 e. The number of hydrogen-bond acceptors (Lipinski definition) is 5. The Morgan fingerprint density at radius 1 is 1.07 bits per heavy atom. The van der Waals surface area contributed by atoms with Gasteiger partial charge in [0.1, 0.15) is 18.3 Å². The van der Waals surface area contributed by atoms with Crippen molar-refractivity contribution in [1.29, 1.82) is 0 Å². The summed E-state index contributed by atoms with van der Waals surface area (Å²) in [5.74, 6) is -0.212. The predicted octanol–water partition coefficient (Wildman–Crippen LogP) is 1.98. The molecule has 6 heteroatoms. The molecule has 0 spiro atoms. The van der Waals surface area contributed by atoms with Crippen molar-refractivity contribution in [2.45, 2.75) is 50.1 Å². The molecular weight excluding hydrogens is 358 g/mol. The summed E-state index contributed by atoms with van der Waals surface area (Å²) in [6, 6.07) is 18.9. The van der Waals surface area contributed by atoms with Gasteiger partial charge in [-0.15, -0.1) is 0 Å². The van der Waals surface area contributed by atoms with Crippen LogP contribution in [0, 0.1) is 0 Å². The fourth-order valence-corrected chi connectivity index (χ4v) is 3.92. The number of amides is 1. The molecule has 4 rings (SSSR count). The van der Waals surface area contributed by atoms with E-state index in [2.05, 4.69) is 5.32 Å². The maximum absolute atomic E-state index is 11.8. The van der Waals surface area contributed by atoms with E-state index >= 15 is 0 Å². The van der Waals surface area contributed by atoms with Gasteiger partial charge in [0.05, 0.1) is 18.8 Å². The van der Waals surface area contributed by atoms with Gasteiger partial charge in [0.2, 0.25) is 5.91 Å². The molecule has 2 heterocycles. The number of fused-ring (bicyclic) bond motifs is 1. The summed E-state index contributed by atoms with van der Waals surface area (Å²) >= 11 is 0. The number of benzene rings is 2. The minimum Gasteiger partial charge on any atom is -0.388 e. The zero-order chi connectivity index (χ0) is 19.5. The molecule has 2 fully saturated rings. The molecule has 6 nitrogen and oxygen atoms in total. The van der Waals surface area contributed by atoms with Crippen LogP contribution in [0.5, 0.6) is 0 Å². The van der Waals surface area contributed by atoms with Crippen LogP contribution in [0.25, 0.3) is 0 Å². The van der Waals surface area contributed by atoms with Gasteiger partial charge in [0, 0.05) is 18.9 Å². The quantitative estimate of drug-likeness (QED) is 0.844. The minimum absolute atomic E-state index is 0.212. The number of aliphatic hydroxyl groups excluding tert-OH is 1. The third-order valence-corrected chi connectivity index (χ3v) is 5.24. The number of nitrogens with one attached hydrogen (secondary N) is 1. The Kier molecular flexibility index (Phi) is 5.73. The molecule has 0 aromatic heterocycles. The van der Waals surface area contributed by atoms with Crippen molar-refractivity contribution in [3.63, 3.8) is 0 Å². The van der Waals surface area contributed by atoms with Crippen LogP contribution in [0.3, 0.4) is 0 Å². The number of hydrogen-bond donors (Lipinski definition) is 2. The number of rotatable bonds is 4. The molecule has 148 valence electrons. The topological polar surface area (TPSA) is 77.0 Å². The average Bonchev–Trinajstić information content (AvgIpc) is 2.72. The van der Waals surface area contributed by atoms with Gasteiger partial charge < -0.3 is 24.6 Å². The van der Waals surface area contributed by atoms with Gasteiger partial charge in [-0.2, -0.15) is 0 Å². The summed E-state index contributed by atoms with van der Waals surface area (Å²) in [7, 11) is 0.